The molecule has 0 radical (unpaired) electrons. The Morgan fingerprint density at radius 1 is 1.44 bits per heavy atom. The fraction of sp³-hybridized carbons (Fsp3) is 0.538. The number of nitrogens with one attached hydrogen (secondary N) is 1. The van der Waals surface area contributed by atoms with Gasteiger partial charge in [-0.3, -0.25) is 0 Å². The maximum atomic E-state index is 13.4. The standard InChI is InChI=1S/C13H18FNO/c1-9-5-6-11(14)10(7-9)8-15-12-3-2-4-13(12)16/h5-7,12-13,15-16H,2-4,8H2,1H3. The molecular weight excluding hydrogens is 205 g/mol. The van der Waals surface area contributed by atoms with Crippen molar-refractivity contribution in [2.24, 2.45) is 0 Å². The first-order valence-corrected chi connectivity index (χ1v) is 5.83. The van der Waals surface area contributed by atoms with E-state index in [2.05, 4.69) is 5.32 Å². The number of benzene rings is 1. The van der Waals surface area contributed by atoms with Crippen LogP contribution in [0.15, 0.2) is 18.2 Å². The van der Waals surface area contributed by atoms with Crippen LogP contribution in [-0.4, -0.2) is 17.3 Å². The third kappa shape index (κ3) is 2.60. The van der Waals surface area contributed by atoms with Crippen LogP contribution in [0.4, 0.5) is 4.39 Å². The maximum Gasteiger partial charge on any atom is 0.127 e. The first-order valence-electron chi connectivity index (χ1n) is 5.83. The van der Waals surface area contributed by atoms with Crippen LogP contribution in [0.25, 0.3) is 0 Å². The summed E-state index contributed by atoms with van der Waals surface area (Å²) >= 11 is 0. The molecule has 0 saturated heterocycles. The van der Waals surface area contributed by atoms with Crippen molar-refractivity contribution in [3.63, 3.8) is 0 Å². The fourth-order valence-electron chi connectivity index (χ4n) is 2.26. The molecule has 3 heteroatoms. The summed E-state index contributed by atoms with van der Waals surface area (Å²) in [6.45, 7) is 2.45. The summed E-state index contributed by atoms with van der Waals surface area (Å²) in [6, 6.07) is 5.24. The van der Waals surface area contributed by atoms with Gasteiger partial charge in [0.1, 0.15) is 5.82 Å². The Labute approximate surface area is 95.5 Å². The zero-order valence-electron chi connectivity index (χ0n) is 9.54. The van der Waals surface area contributed by atoms with E-state index in [9.17, 15) is 9.50 Å². The monoisotopic (exact) mass is 223 g/mol. The van der Waals surface area contributed by atoms with E-state index in [1.54, 1.807) is 6.07 Å². The molecule has 1 fully saturated rings. The maximum absolute atomic E-state index is 13.4. The summed E-state index contributed by atoms with van der Waals surface area (Å²) < 4.78 is 13.4. The molecule has 1 aliphatic rings. The van der Waals surface area contributed by atoms with Gasteiger partial charge >= 0.3 is 0 Å². The van der Waals surface area contributed by atoms with Crippen LogP contribution in [0.1, 0.15) is 30.4 Å². The van der Waals surface area contributed by atoms with Crippen molar-refractivity contribution >= 4 is 0 Å². The lowest BCUT2D eigenvalue weighted by Crippen LogP contribution is -2.35. The van der Waals surface area contributed by atoms with E-state index < -0.39 is 0 Å². The topological polar surface area (TPSA) is 32.3 Å². The molecule has 2 atom stereocenters. The quantitative estimate of drug-likeness (QED) is 0.822. The summed E-state index contributed by atoms with van der Waals surface area (Å²) in [5.74, 6) is -0.175. The SMILES string of the molecule is Cc1ccc(F)c(CNC2CCCC2O)c1. The van der Waals surface area contributed by atoms with Crippen molar-refractivity contribution < 1.29 is 9.50 Å². The first kappa shape index (κ1) is 11.6. The van der Waals surface area contributed by atoms with Gasteiger partial charge in [-0.2, -0.15) is 0 Å². The average Bonchev–Trinajstić information content (AvgIpc) is 2.66. The highest BCUT2D eigenvalue weighted by Crippen LogP contribution is 2.19. The number of aliphatic hydroxyl groups is 1. The highest BCUT2D eigenvalue weighted by molar-refractivity contribution is 5.24. The van der Waals surface area contributed by atoms with E-state index in [-0.39, 0.29) is 18.0 Å². The van der Waals surface area contributed by atoms with Gasteiger partial charge in [0.05, 0.1) is 6.10 Å². The first-order chi connectivity index (χ1) is 7.66. The van der Waals surface area contributed by atoms with E-state index >= 15 is 0 Å². The van der Waals surface area contributed by atoms with E-state index in [0.717, 1.165) is 24.8 Å². The summed E-state index contributed by atoms with van der Waals surface area (Å²) in [6.07, 6.45) is 2.62. The molecule has 16 heavy (non-hydrogen) atoms. The Bertz CT molecular complexity index is 367. The van der Waals surface area contributed by atoms with Gasteiger partial charge in [0, 0.05) is 18.2 Å². The zero-order valence-corrected chi connectivity index (χ0v) is 9.54. The largest absolute Gasteiger partial charge is 0.392 e. The molecule has 0 bridgehead atoms. The Morgan fingerprint density at radius 2 is 2.25 bits per heavy atom. The lowest BCUT2D eigenvalue weighted by Gasteiger charge is -2.16. The van der Waals surface area contributed by atoms with Crippen LogP contribution in [0, 0.1) is 12.7 Å². The smallest absolute Gasteiger partial charge is 0.127 e. The molecule has 1 saturated carbocycles. The lowest BCUT2D eigenvalue weighted by molar-refractivity contribution is 0.148. The molecule has 1 aromatic rings. The van der Waals surface area contributed by atoms with Crippen molar-refractivity contribution in [1.82, 2.24) is 5.32 Å². The van der Waals surface area contributed by atoms with Gasteiger partial charge in [-0.05, 0) is 32.3 Å². The highest BCUT2D eigenvalue weighted by Gasteiger charge is 2.24. The van der Waals surface area contributed by atoms with Crippen LogP contribution < -0.4 is 5.32 Å². The highest BCUT2D eigenvalue weighted by atomic mass is 19.1. The summed E-state index contributed by atoms with van der Waals surface area (Å²) in [5.41, 5.74) is 1.74. The molecular formula is C13H18FNO. The minimum atomic E-state index is -0.270. The summed E-state index contributed by atoms with van der Waals surface area (Å²) in [4.78, 5) is 0. The second-order valence-corrected chi connectivity index (χ2v) is 4.58. The van der Waals surface area contributed by atoms with Crippen LogP contribution >= 0.6 is 0 Å². The number of halogens is 1. The Hall–Kier alpha value is -0.930. The molecule has 0 amide bonds. The number of rotatable bonds is 3. The third-order valence-electron chi connectivity index (χ3n) is 3.24. The number of aryl methyl sites for hydroxylation is 1. The van der Waals surface area contributed by atoms with Crippen molar-refractivity contribution in [2.45, 2.75) is 44.9 Å². The van der Waals surface area contributed by atoms with Gasteiger partial charge in [-0.25, -0.2) is 4.39 Å². The Balaban J connectivity index is 1.96. The zero-order chi connectivity index (χ0) is 11.5. The van der Waals surface area contributed by atoms with Crippen molar-refractivity contribution in [2.75, 3.05) is 0 Å². The second-order valence-electron chi connectivity index (χ2n) is 4.58. The van der Waals surface area contributed by atoms with E-state index in [1.807, 2.05) is 13.0 Å². The van der Waals surface area contributed by atoms with Crippen LogP contribution in [0.3, 0.4) is 0 Å². The number of hydrogen-bond acceptors (Lipinski definition) is 2. The lowest BCUT2D eigenvalue weighted by atomic mass is 10.1. The molecule has 1 aromatic carbocycles. The van der Waals surface area contributed by atoms with Gasteiger partial charge in [0.25, 0.3) is 0 Å². The van der Waals surface area contributed by atoms with Gasteiger partial charge in [-0.15, -0.1) is 0 Å². The van der Waals surface area contributed by atoms with Crippen LogP contribution in [-0.2, 0) is 6.54 Å². The predicted molar refractivity (Wildman–Crippen MR) is 61.6 cm³/mol. The summed E-state index contributed by atoms with van der Waals surface area (Å²) in [7, 11) is 0. The van der Waals surface area contributed by atoms with E-state index in [1.165, 1.54) is 6.07 Å². The van der Waals surface area contributed by atoms with Gasteiger partial charge < -0.3 is 10.4 Å². The van der Waals surface area contributed by atoms with Crippen LogP contribution in [0.5, 0.6) is 0 Å². The minimum Gasteiger partial charge on any atom is -0.392 e. The number of hydrogen-bond donors (Lipinski definition) is 2. The molecule has 2 nitrogen and oxygen atoms in total. The van der Waals surface area contributed by atoms with Crippen LogP contribution in [0.2, 0.25) is 0 Å². The van der Waals surface area contributed by atoms with Crippen molar-refractivity contribution in [3.8, 4) is 0 Å². The van der Waals surface area contributed by atoms with Gasteiger partial charge in [0.15, 0.2) is 0 Å². The van der Waals surface area contributed by atoms with E-state index in [4.69, 9.17) is 0 Å². The molecule has 2 N–H and O–H groups in total. The second kappa shape index (κ2) is 4.93. The molecule has 0 spiro atoms. The molecule has 88 valence electrons. The third-order valence-corrected chi connectivity index (χ3v) is 3.24. The minimum absolute atomic E-state index is 0.125. The number of aliphatic hydroxyl groups excluding tert-OH is 1. The van der Waals surface area contributed by atoms with Gasteiger partial charge in [-0.1, -0.05) is 17.7 Å². The van der Waals surface area contributed by atoms with Gasteiger partial charge in [0.2, 0.25) is 0 Å². The molecule has 0 heterocycles. The normalized spacial score (nSPS) is 24.9. The Morgan fingerprint density at radius 3 is 2.94 bits per heavy atom. The predicted octanol–water partition coefficient (Wildman–Crippen LogP) is 2.14. The summed E-state index contributed by atoms with van der Waals surface area (Å²) in [5, 5.41) is 12.9. The molecule has 0 aliphatic heterocycles. The van der Waals surface area contributed by atoms with Crippen molar-refractivity contribution in [1.29, 1.82) is 0 Å². The van der Waals surface area contributed by atoms with Crippen molar-refractivity contribution in [3.05, 3.63) is 35.1 Å². The molecule has 1 aliphatic carbocycles. The van der Waals surface area contributed by atoms with E-state index in [0.29, 0.717) is 12.1 Å². The Kier molecular flexibility index (Phi) is 3.56. The molecule has 2 unspecified atom stereocenters. The average molecular weight is 223 g/mol. The molecule has 0 aromatic heterocycles. The fourth-order valence-corrected chi connectivity index (χ4v) is 2.26. The molecule has 2 rings (SSSR count).